The van der Waals surface area contributed by atoms with Gasteiger partial charge in [0.2, 0.25) is 0 Å². The average molecular weight is 298 g/mol. The number of benzene rings is 3. The minimum absolute atomic E-state index is 1.06. The molecule has 0 unspecified atom stereocenters. The topological polar surface area (TPSA) is 0 Å². The van der Waals surface area contributed by atoms with Gasteiger partial charge >= 0.3 is 0 Å². The fourth-order valence-electron chi connectivity index (χ4n) is 3.78. The fourth-order valence-corrected chi connectivity index (χ4v) is 3.78. The summed E-state index contributed by atoms with van der Waals surface area (Å²) in [6.07, 6.45) is 1.06. The summed E-state index contributed by atoms with van der Waals surface area (Å²) in [5, 5.41) is 0. The molecule has 0 heterocycles. The second-order valence-corrected chi connectivity index (χ2v) is 6.96. The van der Waals surface area contributed by atoms with Crippen molar-refractivity contribution < 1.29 is 0 Å². The third-order valence-electron chi connectivity index (χ3n) is 5.19. The smallest absolute Gasteiger partial charge is 0.00131 e. The van der Waals surface area contributed by atoms with Gasteiger partial charge in [-0.1, -0.05) is 54.1 Å². The van der Waals surface area contributed by atoms with Crippen LogP contribution in [-0.2, 0) is 6.42 Å². The molecule has 1 aliphatic rings. The Morgan fingerprint density at radius 1 is 0.565 bits per heavy atom. The van der Waals surface area contributed by atoms with E-state index in [4.69, 9.17) is 0 Å². The van der Waals surface area contributed by atoms with Gasteiger partial charge in [0.25, 0.3) is 0 Å². The van der Waals surface area contributed by atoms with Crippen molar-refractivity contribution in [3.63, 3.8) is 0 Å². The van der Waals surface area contributed by atoms with Crippen LogP contribution in [0.1, 0.15) is 33.4 Å². The normalized spacial score (nSPS) is 12.2. The Morgan fingerprint density at radius 2 is 1.22 bits per heavy atom. The Morgan fingerprint density at radius 3 is 2.00 bits per heavy atom. The van der Waals surface area contributed by atoms with E-state index in [0.29, 0.717) is 0 Å². The highest BCUT2D eigenvalue weighted by atomic mass is 14.2. The quantitative estimate of drug-likeness (QED) is 0.395. The third-order valence-corrected chi connectivity index (χ3v) is 5.19. The molecule has 0 saturated carbocycles. The van der Waals surface area contributed by atoms with Crippen molar-refractivity contribution in [2.45, 2.75) is 34.1 Å². The Labute approximate surface area is 138 Å². The van der Waals surface area contributed by atoms with Gasteiger partial charge in [0.05, 0.1) is 0 Å². The summed E-state index contributed by atoms with van der Waals surface area (Å²) < 4.78 is 0. The molecule has 0 amide bonds. The number of rotatable bonds is 1. The number of hydrogen-bond donors (Lipinski definition) is 0. The first kappa shape index (κ1) is 14.3. The Kier molecular flexibility index (Phi) is 3.16. The molecule has 0 aliphatic heterocycles. The highest BCUT2D eigenvalue weighted by Crippen LogP contribution is 2.39. The van der Waals surface area contributed by atoms with Crippen molar-refractivity contribution in [2.75, 3.05) is 0 Å². The van der Waals surface area contributed by atoms with Crippen molar-refractivity contribution in [1.29, 1.82) is 0 Å². The SMILES string of the molecule is Cc1ccc2c(c1)Cc1cc(-c3cc(C)c(C)cc3C)ccc1-2. The van der Waals surface area contributed by atoms with Gasteiger partial charge in [-0.3, -0.25) is 0 Å². The molecule has 4 rings (SSSR count). The molecule has 3 aromatic carbocycles. The molecule has 0 spiro atoms. The molecule has 114 valence electrons. The van der Waals surface area contributed by atoms with Gasteiger partial charge in [-0.15, -0.1) is 0 Å². The summed E-state index contributed by atoms with van der Waals surface area (Å²) >= 11 is 0. The maximum Gasteiger partial charge on any atom is -0.00131 e. The van der Waals surface area contributed by atoms with Gasteiger partial charge in [-0.25, -0.2) is 0 Å². The summed E-state index contributed by atoms with van der Waals surface area (Å²) in [7, 11) is 0. The molecule has 0 atom stereocenters. The van der Waals surface area contributed by atoms with Crippen molar-refractivity contribution >= 4 is 0 Å². The van der Waals surface area contributed by atoms with Crippen LogP contribution in [0.4, 0.5) is 0 Å². The van der Waals surface area contributed by atoms with Crippen molar-refractivity contribution in [3.8, 4) is 22.3 Å². The lowest BCUT2D eigenvalue weighted by Crippen LogP contribution is -1.90. The van der Waals surface area contributed by atoms with Gasteiger partial charge in [-0.05, 0) is 84.2 Å². The average Bonchev–Trinajstić information content (AvgIpc) is 2.87. The molecule has 0 radical (unpaired) electrons. The molecular formula is C23H22. The van der Waals surface area contributed by atoms with Crippen LogP contribution in [0.15, 0.2) is 48.5 Å². The number of hydrogen-bond acceptors (Lipinski definition) is 0. The van der Waals surface area contributed by atoms with E-state index in [2.05, 4.69) is 76.2 Å². The lowest BCUT2D eigenvalue weighted by molar-refractivity contribution is 1.24. The lowest BCUT2D eigenvalue weighted by atomic mass is 9.93. The van der Waals surface area contributed by atoms with E-state index in [1.54, 1.807) is 0 Å². The Hall–Kier alpha value is -2.34. The van der Waals surface area contributed by atoms with Crippen LogP contribution in [-0.4, -0.2) is 0 Å². The Balaban J connectivity index is 1.83. The van der Waals surface area contributed by atoms with Crippen LogP contribution in [0.2, 0.25) is 0 Å². The third kappa shape index (κ3) is 2.30. The summed E-state index contributed by atoms with van der Waals surface area (Å²) in [5.74, 6) is 0. The van der Waals surface area contributed by atoms with Gasteiger partial charge in [0.15, 0.2) is 0 Å². The molecule has 1 aliphatic carbocycles. The first-order valence-corrected chi connectivity index (χ1v) is 8.34. The van der Waals surface area contributed by atoms with E-state index in [0.717, 1.165) is 6.42 Å². The highest BCUT2D eigenvalue weighted by molar-refractivity contribution is 5.81. The molecule has 3 aromatic rings. The summed E-state index contributed by atoms with van der Waals surface area (Å²) in [6.45, 7) is 8.78. The van der Waals surface area contributed by atoms with Crippen LogP contribution in [0.25, 0.3) is 22.3 Å². The monoisotopic (exact) mass is 298 g/mol. The first-order valence-electron chi connectivity index (χ1n) is 8.34. The summed E-state index contributed by atoms with van der Waals surface area (Å²) in [4.78, 5) is 0. The minimum Gasteiger partial charge on any atom is -0.0587 e. The van der Waals surface area contributed by atoms with E-state index >= 15 is 0 Å². The molecule has 23 heavy (non-hydrogen) atoms. The minimum atomic E-state index is 1.06. The second kappa shape index (κ2) is 5.09. The zero-order chi connectivity index (χ0) is 16.1. The van der Waals surface area contributed by atoms with Crippen LogP contribution in [0.5, 0.6) is 0 Å². The molecular weight excluding hydrogens is 276 g/mol. The van der Waals surface area contributed by atoms with Gasteiger partial charge < -0.3 is 0 Å². The maximum atomic E-state index is 2.39. The van der Waals surface area contributed by atoms with Crippen LogP contribution < -0.4 is 0 Å². The fraction of sp³-hybridized carbons (Fsp3) is 0.217. The van der Waals surface area contributed by atoms with Crippen LogP contribution >= 0.6 is 0 Å². The van der Waals surface area contributed by atoms with Crippen LogP contribution in [0.3, 0.4) is 0 Å². The molecule has 0 heteroatoms. The lowest BCUT2D eigenvalue weighted by Gasteiger charge is -2.12. The van der Waals surface area contributed by atoms with E-state index in [1.165, 1.54) is 55.6 Å². The molecule has 0 nitrogen and oxygen atoms in total. The maximum absolute atomic E-state index is 2.39. The first-order chi connectivity index (χ1) is 11.0. The molecule has 0 N–H and O–H groups in total. The zero-order valence-corrected chi connectivity index (χ0v) is 14.3. The van der Waals surface area contributed by atoms with E-state index in [1.807, 2.05) is 0 Å². The molecule has 0 fully saturated rings. The highest BCUT2D eigenvalue weighted by Gasteiger charge is 2.19. The van der Waals surface area contributed by atoms with Crippen molar-refractivity contribution in [2.24, 2.45) is 0 Å². The Bertz CT molecular complexity index is 929. The largest absolute Gasteiger partial charge is 0.0587 e. The zero-order valence-electron chi connectivity index (χ0n) is 14.3. The van der Waals surface area contributed by atoms with Gasteiger partial charge in [-0.2, -0.15) is 0 Å². The van der Waals surface area contributed by atoms with Gasteiger partial charge in [0.1, 0.15) is 0 Å². The predicted molar refractivity (Wildman–Crippen MR) is 99.1 cm³/mol. The number of aryl methyl sites for hydroxylation is 4. The summed E-state index contributed by atoms with van der Waals surface area (Å²) in [6, 6.07) is 18.4. The molecule has 0 bridgehead atoms. The number of fused-ring (bicyclic) bond motifs is 3. The van der Waals surface area contributed by atoms with E-state index in [9.17, 15) is 0 Å². The van der Waals surface area contributed by atoms with Crippen molar-refractivity contribution in [1.82, 2.24) is 0 Å². The van der Waals surface area contributed by atoms with Gasteiger partial charge in [0, 0.05) is 0 Å². The van der Waals surface area contributed by atoms with E-state index in [-0.39, 0.29) is 0 Å². The summed E-state index contributed by atoms with van der Waals surface area (Å²) in [5.41, 5.74) is 13.9. The van der Waals surface area contributed by atoms with Crippen LogP contribution in [0, 0.1) is 27.7 Å². The van der Waals surface area contributed by atoms with Crippen molar-refractivity contribution in [3.05, 3.63) is 81.9 Å². The standard InChI is InChI=1S/C23H22/c1-14-5-7-21-19(9-14)13-20-12-18(6-8-22(20)21)23-11-16(3)15(2)10-17(23)4/h5-12H,13H2,1-4H3. The molecule has 0 aromatic heterocycles. The molecule has 0 saturated heterocycles. The predicted octanol–water partition coefficient (Wildman–Crippen LogP) is 6.16. The van der Waals surface area contributed by atoms with E-state index < -0.39 is 0 Å². The second-order valence-electron chi connectivity index (χ2n) is 6.96.